The Hall–Kier alpha value is -1.84. The Labute approximate surface area is 264 Å². The quantitative estimate of drug-likeness (QED) is 0.182. The lowest BCUT2D eigenvalue weighted by molar-refractivity contribution is -0.124. The summed E-state index contributed by atoms with van der Waals surface area (Å²) in [5.41, 5.74) is 2.26. The summed E-state index contributed by atoms with van der Waals surface area (Å²) in [4.78, 5) is 21.6. The molecule has 0 saturated heterocycles. The lowest BCUT2D eigenvalue weighted by Gasteiger charge is -2.16. The number of benzene rings is 1. The van der Waals surface area contributed by atoms with E-state index in [4.69, 9.17) is 0 Å². The lowest BCUT2D eigenvalue weighted by atomic mass is 9.89. The predicted octanol–water partition coefficient (Wildman–Crippen LogP) is 9.51. The smallest absolute Gasteiger partial charge is 0.152 e. The first-order chi connectivity index (χ1) is 19.7. The Morgan fingerprint density at radius 2 is 1.76 bits per heavy atom. The number of fused-ring (bicyclic) bond motifs is 1. The number of rotatable bonds is 7. The van der Waals surface area contributed by atoms with Crippen LogP contribution in [0.5, 0.6) is 0 Å². The number of hydrogen-bond acceptors (Lipinski definition) is 7. The van der Waals surface area contributed by atoms with Gasteiger partial charge in [-0.05, 0) is 81.2 Å². The number of H-pyrrole nitrogens is 1. The van der Waals surface area contributed by atoms with Crippen molar-refractivity contribution in [3.63, 3.8) is 0 Å². The number of carbonyl (C=O) groups excluding carboxylic acids is 2. The summed E-state index contributed by atoms with van der Waals surface area (Å²) >= 11 is 5.40. The van der Waals surface area contributed by atoms with Crippen molar-refractivity contribution in [2.24, 2.45) is 23.2 Å². The van der Waals surface area contributed by atoms with E-state index < -0.39 is 0 Å². The van der Waals surface area contributed by atoms with Crippen LogP contribution in [0.2, 0.25) is 0 Å². The van der Waals surface area contributed by atoms with Crippen molar-refractivity contribution < 1.29 is 14.0 Å². The fourth-order valence-corrected chi connectivity index (χ4v) is 4.84. The van der Waals surface area contributed by atoms with E-state index in [2.05, 4.69) is 53.6 Å². The first kappa shape index (κ1) is 38.2. The summed E-state index contributed by atoms with van der Waals surface area (Å²) in [5.74, 6) is 4.39. The number of nitrogens with one attached hydrogen (secondary N) is 3. The lowest BCUT2D eigenvalue weighted by Crippen LogP contribution is -2.15. The van der Waals surface area contributed by atoms with Crippen LogP contribution in [0.4, 0.5) is 15.9 Å². The average molecular weight is 623 g/mol. The monoisotopic (exact) mass is 622 g/mol. The van der Waals surface area contributed by atoms with Gasteiger partial charge in [-0.2, -0.15) is 17.7 Å². The van der Waals surface area contributed by atoms with Gasteiger partial charge in [0.2, 0.25) is 0 Å². The molecule has 2 aliphatic rings. The molecule has 0 amide bonds. The van der Waals surface area contributed by atoms with E-state index in [-0.39, 0.29) is 28.7 Å². The molecule has 1 aromatic carbocycles. The van der Waals surface area contributed by atoms with Gasteiger partial charge in [0.1, 0.15) is 11.6 Å². The van der Waals surface area contributed by atoms with Gasteiger partial charge in [-0.3, -0.25) is 19.4 Å². The molecule has 1 aliphatic carbocycles. The number of aromatic amines is 1. The number of nitrogens with zero attached hydrogens (tertiary/aromatic N) is 1. The Kier molecular flexibility index (Phi) is 17.0. The SMILES string of the molecule is CC(=O)C(C)(C)C.CC(=O)C(C)C.CCC(C)C1CCC(c2cc(Nc3ccc4c(c3F)CNS4)n[nH]2)C1.CCCS. The number of thiol groups is 1. The second-order valence-electron chi connectivity index (χ2n) is 12.6. The molecule has 0 bridgehead atoms. The molecule has 3 atom stereocenters. The highest BCUT2D eigenvalue weighted by Gasteiger charge is 2.30. The van der Waals surface area contributed by atoms with Gasteiger partial charge in [0.15, 0.2) is 11.6 Å². The van der Waals surface area contributed by atoms with Gasteiger partial charge in [-0.1, -0.05) is 61.8 Å². The minimum Gasteiger partial charge on any atom is -0.336 e. The molecule has 0 spiro atoms. The van der Waals surface area contributed by atoms with Crippen LogP contribution in [0.3, 0.4) is 0 Å². The number of anilines is 2. The molecule has 1 saturated carbocycles. The van der Waals surface area contributed by atoms with Crippen LogP contribution in [-0.2, 0) is 16.1 Å². The van der Waals surface area contributed by atoms with Crippen molar-refractivity contribution in [1.82, 2.24) is 14.9 Å². The van der Waals surface area contributed by atoms with Crippen molar-refractivity contribution in [3.05, 3.63) is 35.3 Å². The molecular weight excluding hydrogens is 568 g/mol. The van der Waals surface area contributed by atoms with E-state index in [9.17, 15) is 14.0 Å². The number of aromatic nitrogens is 2. The van der Waals surface area contributed by atoms with E-state index >= 15 is 0 Å². The third kappa shape index (κ3) is 12.8. The molecule has 42 heavy (non-hydrogen) atoms. The standard InChI is InChI=1S/C19H25FN4S.C6H12O.C5H10O.C3H8S/c1-3-11(2)12-4-5-13(8-12)16-9-18(24-23-16)22-15-6-7-17-14(19(15)20)10-21-25-17;1-5(7)6(2,3)4;1-4(2)5(3)6;1-2-3-4/h6-7,9,11-13,21H,3-5,8,10H2,1-2H3,(H2,22,23,24);1-4H3;4H,1-3H3;4H,2-3H2,1H3. The zero-order valence-electron chi connectivity index (χ0n) is 27.5. The van der Waals surface area contributed by atoms with Gasteiger partial charge >= 0.3 is 0 Å². The van der Waals surface area contributed by atoms with Crippen molar-refractivity contribution in [2.75, 3.05) is 11.1 Å². The Bertz CT molecular complexity index is 1110. The zero-order chi connectivity index (χ0) is 32.0. The summed E-state index contributed by atoms with van der Waals surface area (Å²) in [6.45, 7) is 20.0. The Balaban J connectivity index is 0.000000428. The maximum Gasteiger partial charge on any atom is 0.152 e. The molecule has 1 fully saturated rings. The molecule has 3 N–H and O–H groups in total. The molecule has 6 nitrogen and oxygen atoms in total. The molecule has 4 rings (SSSR count). The van der Waals surface area contributed by atoms with Crippen molar-refractivity contribution in [3.8, 4) is 0 Å². The van der Waals surface area contributed by atoms with Crippen LogP contribution in [0.15, 0.2) is 23.1 Å². The van der Waals surface area contributed by atoms with Crippen LogP contribution in [-0.4, -0.2) is 27.5 Å². The summed E-state index contributed by atoms with van der Waals surface area (Å²) in [5, 5.41) is 10.7. The maximum atomic E-state index is 14.6. The number of ketones is 2. The second-order valence-corrected chi connectivity index (χ2v) is 14.0. The summed E-state index contributed by atoms with van der Waals surface area (Å²) in [6.07, 6.45) is 6.17. The zero-order valence-corrected chi connectivity index (χ0v) is 29.2. The molecule has 2 aromatic rings. The predicted molar refractivity (Wildman–Crippen MR) is 180 cm³/mol. The number of Topliss-reactive ketones (excluding diaryl/α,β-unsaturated/α-hetero) is 2. The molecule has 0 radical (unpaired) electrons. The third-order valence-corrected chi connectivity index (χ3v) is 9.28. The first-order valence-electron chi connectivity index (χ1n) is 15.3. The van der Waals surface area contributed by atoms with Crippen molar-refractivity contribution >= 4 is 47.6 Å². The molecule has 9 heteroatoms. The van der Waals surface area contributed by atoms with Crippen LogP contribution < -0.4 is 10.0 Å². The van der Waals surface area contributed by atoms with Gasteiger partial charge in [0.25, 0.3) is 0 Å². The fraction of sp³-hybridized carbons (Fsp3) is 0.667. The fourth-order valence-electron chi connectivity index (χ4n) is 4.04. The van der Waals surface area contributed by atoms with Gasteiger partial charge in [0, 0.05) is 46.0 Å². The minimum atomic E-state index is -0.183. The van der Waals surface area contributed by atoms with E-state index in [0.717, 1.165) is 28.0 Å². The van der Waals surface area contributed by atoms with Gasteiger partial charge in [0.05, 0.1) is 5.69 Å². The second kappa shape index (κ2) is 18.7. The number of halogens is 1. The van der Waals surface area contributed by atoms with E-state index in [1.165, 1.54) is 49.7 Å². The normalized spacial score (nSPS) is 18.0. The van der Waals surface area contributed by atoms with Crippen molar-refractivity contribution in [2.45, 2.75) is 119 Å². The highest BCUT2D eigenvalue weighted by Crippen LogP contribution is 2.42. The molecule has 238 valence electrons. The topological polar surface area (TPSA) is 86.9 Å². The van der Waals surface area contributed by atoms with Crippen LogP contribution in [0.25, 0.3) is 0 Å². The van der Waals surface area contributed by atoms with E-state index in [0.29, 0.717) is 24.0 Å². The summed E-state index contributed by atoms with van der Waals surface area (Å²) < 4.78 is 17.7. The third-order valence-electron chi connectivity index (χ3n) is 7.95. The van der Waals surface area contributed by atoms with Gasteiger partial charge in [-0.15, -0.1) is 0 Å². The maximum absolute atomic E-state index is 14.6. The number of hydrogen-bond donors (Lipinski definition) is 4. The summed E-state index contributed by atoms with van der Waals surface area (Å²) in [7, 11) is 0. The van der Waals surface area contributed by atoms with E-state index in [1.807, 2.05) is 46.8 Å². The molecule has 1 aliphatic heterocycles. The number of carbonyl (C=O) groups is 2. The Morgan fingerprint density at radius 1 is 1.17 bits per heavy atom. The first-order valence-corrected chi connectivity index (χ1v) is 16.8. The summed E-state index contributed by atoms with van der Waals surface area (Å²) in [6, 6.07) is 5.78. The minimum absolute atomic E-state index is 0.139. The molecule has 2 heterocycles. The van der Waals surface area contributed by atoms with Crippen molar-refractivity contribution in [1.29, 1.82) is 0 Å². The van der Waals surface area contributed by atoms with Crippen LogP contribution >= 0.6 is 24.6 Å². The Morgan fingerprint density at radius 3 is 2.26 bits per heavy atom. The largest absolute Gasteiger partial charge is 0.336 e. The average Bonchev–Trinajstić information content (AvgIpc) is 3.71. The highest BCUT2D eigenvalue weighted by atomic mass is 32.2. The van der Waals surface area contributed by atoms with Gasteiger partial charge < -0.3 is 5.32 Å². The van der Waals surface area contributed by atoms with Crippen LogP contribution in [0, 0.1) is 29.0 Å². The molecule has 1 aromatic heterocycles. The highest BCUT2D eigenvalue weighted by molar-refractivity contribution is 7.97. The van der Waals surface area contributed by atoms with E-state index in [1.54, 1.807) is 19.9 Å². The molecular formula is C33H55FN4O2S2. The van der Waals surface area contributed by atoms with Crippen LogP contribution in [0.1, 0.15) is 119 Å². The van der Waals surface area contributed by atoms with Gasteiger partial charge in [-0.25, -0.2) is 4.39 Å². The molecule has 3 unspecified atom stereocenters.